The standard InChI is InChI=1S/C13H12BClO3.2H2/c15-13-7-2-1-4-10(13)9-18-12-6-3-5-11(8-12)14(16)17;;/h1-8,16-17H,9H2;2*1H. The highest BCUT2D eigenvalue weighted by molar-refractivity contribution is 6.58. The Morgan fingerprint density at radius 3 is 2.61 bits per heavy atom. The molecule has 0 aromatic heterocycles. The largest absolute Gasteiger partial charge is 0.489 e. The van der Waals surface area contributed by atoms with Crippen molar-refractivity contribution in [1.82, 2.24) is 0 Å². The number of rotatable bonds is 4. The predicted molar refractivity (Wildman–Crippen MR) is 76.3 cm³/mol. The van der Waals surface area contributed by atoms with Gasteiger partial charge in [0.15, 0.2) is 0 Å². The van der Waals surface area contributed by atoms with Crippen molar-refractivity contribution in [1.29, 1.82) is 0 Å². The molecule has 2 aromatic carbocycles. The Labute approximate surface area is 114 Å². The van der Waals surface area contributed by atoms with Crippen LogP contribution in [-0.4, -0.2) is 17.2 Å². The van der Waals surface area contributed by atoms with Crippen molar-refractivity contribution in [2.24, 2.45) is 0 Å². The summed E-state index contributed by atoms with van der Waals surface area (Å²) >= 11 is 6.01. The number of hydrogen-bond donors (Lipinski definition) is 2. The molecular weight excluding hydrogens is 250 g/mol. The van der Waals surface area contributed by atoms with Crippen LogP contribution in [0.3, 0.4) is 0 Å². The highest BCUT2D eigenvalue weighted by atomic mass is 35.5. The molecule has 0 aliphatic carbocycles. The first-order chi connectivity index (χ1) is 8.66. The van der Waals surface area contributed by atoms with Crippen LogP contribution in [0.5, 0.6) is 5.75 Å². The lowest BCUT2D eigenvalue weighted by Gasteiger charge is -2.09. The zero-order valence-corrected chi connectivity index (χ0v) is 10.3. The van der Waals surface area contributed by atoms with E-state index in [1.807, 2.05) is 18.2 Å². The molecule has 2 aromatic rings. The summed E-state index contributed by atoms with van der Waals surface area (Å²) in [5, 5.41) is 18.8. The van der Waals surface area contributed by atoms with Crippen molar-refractivity contribution in [2.75, 3.05) is 0 Å². The van der Waals surface area contributed by atoms with Crippen LogP contribution in [0.15, 0.2) is 48.5 Å². The second-order valence-corrected chi connectivity index (χ2v) is 4.23. The molecule has 5 heteroatoms. The Bertz CT molecular complexity index is 541. The average molecular weight is 267 g/mol. The molecular formula is C13H16BClO3. The molecule has 0 spiro atoms. The van der Waals surface area contributed by atoms with Gasteiger partial charge in [0.25, 0.3) is 0 Å². The summed E-state index contributed by atoms with van der Waals surface area (Å²) in [6.45, 7) is 0.338. The minimum Gasteiger partial charge on any atom is -0.489 e. The lowest BCUT2D eigenvalue weighted by atomic mass is 9.80. The summed E-state index contributed by atoms with van der Waals surface area (Å²) in [4.78, 5) is 0. The number of hydrogen-bond acceptors (Lipinski definition) is 3. The van der Waals surface area contributed by atoms with Crippen LogP contribution in [0, 0.1) is 0 Å². The first-order valence-corrected chi connectivity index (χ1v) is 5.87. The third-order valence-electron chi connectivity index (χ3n) is 2.51. The fraction of sp³-hybridized carbons (Fsp3) is 0.0769. The predicted octanol–water partition coefficient (Wildman–Crippen LogP) is 2.09. The lowest BCUT2D eigenvalue weighted by molar-refractivity contribution is 0.306. The van der Waals surface area contributed by atoms with Crippen molar-refractivity contribution in [3.8, 4) is 5.75 Å². The maximum atomic E-state index is 9.06. The van der Waals surface area contributed by atoms with Crippen LogP contribution < -0.4 is 10.2 Å². The molecule has 0 aliphatic heterocycles. The van der Waals surface area contributed by atoms with E-state index in [-0.39, 0.29) is 2.85 Å². The smallest absolute Gasteiger partial charge is 0.488 e. The van der Waals surface area contributed by atoms with E-state index >= 15 is 0 Å². The molecule has 0 amide bonds. The minimum atomic E-state index is -1.49. The summed E-state index contributed by atoms with van der Waals surface area (Å²) in [6.07, 6.45) is 0. The van der Waals surface area contributed by atoms with Crippen LogP contribution in [-0.2, 0) is 6.61 Å². The van der Waals surface area contributed by atoms with Crippen molar-refractivity contribution < 1.29 is 17.6 Å². The second-order valence-electron chi connectivity index (χ2n) is 3.83. The lowest BCUT2D eigenvalue weighted by Crippen LogP contribution is -2.29. The quantitative estimate of drug-likeness (QED) is 0.833. The summed E-state index contributed by atoms with van der Waals surface area (Å²) in [5.74, 6) is 0.570. The topological polar surface area (TPSA) is 49.7 Å². The van der Waals surface area contributed by atoms with Crippen molar-refractivity contribution in [2.45, 2.75) is 6.61 Å². The van der Waals surface area contributed by atoms with Gasteiger partial charge in [0.2, 0.25) is 0 Å². The Hall–Kier alpha value is -1.49. The molecule has 2 N–H and O–H groups in total. The second kappa shape index (κ2) is 5.91. The van der Waals surface area contributed by atoms with Crippen molar-refractivity contribution >= 4 is 24.2 Å². The normalized spacial score (nSPS) is 10.2. The molecule has 0 bridgehead atoms. The molecule has 0 saturated heterocycles. The SMILES string of the molecule is OB(O)c1cccc(OCc2ccccc2Cl)c1.[HH].[HH]. The van der Waals surface area contributed by atoms with Gasteiger partial charge < -0.3 is 14.8 Å². The van der Waals surface area contributed by atoms with Crippen LogP contribution in [0.2, 0.25) is 5.02 Å². The number of ether oxygens (including phenoxy) is 1. The molecule has 0 saturated carbocycles. The van der Waals surface area contributed by atoms with Gasteiger partial charge in [-0.2, -0.15) is 0 Å². The Morgan fingerprint density at radius 1 is 1.11 bits per heavy atom. The third kappa shape index (κ3) is 3.26. The first-order valence-electron chi connectivity index (χ1n) is 5.49. The van der Waals surface area contributed by atoms with E-state index in [1.54, 1.807) is 30.3 Å². The van der Waals surface area contributed by atoms with E-state index in [0.717, 1.165) is 5.56 Å². The summed E-state index contributed by atoms with van der Waals surface area (Å²) in [7, 11) is -1.49. The van der Waals surface area contributed by atoms with Gasteiger partial charge in [0, 0.05) is 13.4 Å². The zero-order valence-electron chi connectivity index (χ0n) is 9.58. The Balaban J connectivity index is 0.00000180. The molecule has 0 atom stereocenters. The van der Waals surface area contributed by atoms with Crippen LogP contribution >= 0.6 is 11.6 Å². The maximum absolute atomic E-state index is 9.06. The highest BCUT2D eigenvalue weighted by Gasteiger charge is 2.11. The zero-order chi connectivity index (χ0) is 13.0. The Morgan fingerprint density at radius 2 is 1.89 bits per heavy atom. The fourth-order valence-corrected chi connectivity index (χ4v) is 1.73. The highest BCUT2D eigenvalue weighted by Crippen LogP contribution is 2.17. The van der Waals surface area contributed by atoms with Gasteiger partial charge in [-0.3, -0.25) is 0 Å². The maximum Gasteiger partial charge on any atom is 0.488 e. The van der Waals surface area contributed by atoms with Crippen LogP contribution in [0.1, 0.15) is 8.42 Å². The Kier molecular flexibility index (Phi) is 4.26. The molecule has 0 unspecified atom stereocenters. The van der Waals surface area contributed by atoms with Gasteiger partial charge in [-0.15, -0.1) is 0 Å². The summed E-state index contributed by atoms with van der Waals surface area (Å²) in [5.41, 5.74) is 1.28. The molecule has 3 nitrogen and oxygen atoms in total. The first kappa shape index (κ1) is 13.0. The van der Waals surface area contributed by atoms with E-state index in [1.165, 1.54) is 0 Å². The molecule has 2 rings (SSSR count). The van der Waals surface area contributed by atoms with E-state index < -0.39 is 7.12 Å². The van der Waals surface area contributed by atoms with Gasteiger partial charge in [-0.05, 0) is 23.7 Å². The molecule has 0 aliphatic rings. The van der Waals surface area contributed by atoms with Gasteiger partial charge in [0.1, 0.15) is 12.4 Å². The van der Waals surface area contributed by atoms with E-state index in [0.29, 0.717) is 22.8 Å². The minimum absolute atomic E-state index is 0. The molecule has 96 valence electrons. The van der Waals surface area contributed by atoms with Gasteiger partial charge in [0.05, 0.1) is 0 Å². The van der Waals surface area contributed by atoms with Gasteiger partial charge >= 0.3 is 7.12 Å². The molecule has 0 radical (unpaired) electrons. The van der Waals surface area contributed by atoms with E-state index in [4.69, 9.17) is 26.4 Å². The summed E-state index contributed by atoms with van der Waals surface area (Å²) < 4.78 is 5.56. The fourth-order valence-electron chi connectivity index (χ4n) is 1.54. The summed E-state index contributed by atoms with van der Waals surface area (Å²) in [6, 6.07) is 14.1. The van der Waals surface area contributed by atoms with Gasteiger partial charge in [-0.25, -0.2) is 0 Å². The molecule has 0 fully saturated rings. The number of halogens is 1. The van der Waals surface area contributed by atoms with Crippen LogP contribution in [0.25, 0.3) is 0 Å². The van der Waals surface area contributed by atoms with Gasteiger partial charge in [-0.1, -0.05) is 41.9 Å². The third-order valence-corrected chi connectivity index (χ3v) is 2.88. The number of benzene rings is 2. The molecule has 18 heavy (non-hydrogen) atoms. The monoisotopic (exact) mass is 266 g/mol. The molecule has 0 heterocycles. The van der Waals surface area contributed by atoms with E-state index in [9.17, 15) is 0 Å². The average Bonchev–Trinajstić information content (AvgIpc) is 2.38. The van der Waals surface area contributed by atoms with Crippen molar-refractivity contribution in [3.63, 3.8) is 0 Å². The van der Waals surface area contributed by atoms with E-state index in [2.05, 4.69) is 0 Å². The van der Waals surface area contributed by atoms with Crippen LogP contribution in [0.4, 0.5) is 0 Å². The van der Waals surface area contributed by atoms with Crippen molar-refractivity contribution in [3.05, 3.63) is 59.1 Å².